The Bertz CT molecular complexity index is 523. The fourth-order valence-corrected chi connectivity index (χ4v) is 2.37. The summed E-state index contributed by atoms with van der Waals surface area (Å²) in [6.07, 6.45) is 0. The van der Waals surface area contributed by atoms with E-state index in [2.05, 4.69) is 21.7 Å². The molecule has 0 saturated carbocycles. The Morgan fingerprint density at radius 1 is 1.56 bits per heavy atom. The number of benzene rings is 1. The highest BCUT2D eigenvalue weighted by atomic mass is 32.1. The number of fused-ring (bicyclic) bond motifs is 1. The average Bonchev–Trinajstić information content (AvgIpc) is 2.58. The summed E-state index contributed by atoms with van der Waals surface area (Å²) in [6.45, 7) is 0.812. The van der Waals surface area contributed by atoms with Crippen molar-refractivity contribution in [3.05, 3.63) is 23.8 Å². The Morgan fingerprint density at radius 2 is 2.38 bits per heavy atom. The molecule has 5 nitrogen and oxygen atoms in total. The van der Waals surface area contributed by atoms with E-state index < -0.39 is 6.03 Å². The molecule has 0 atom stereocenters. The molecule has 84 valence electrons. The van der Waals surface area contributed by atoms with Crippen LogP contribution in [-0.4, -0.2) is 18.1 Å². The van der Waals surface area contributed by atoms with Crippen LogP contribution in [0.15, 0.2) is 18.2 Å². The second kappa shape index (κ2) is 4.46. The van der Waals surface area contributed by atoms with Gasteiger partial charge in [-0.2, -0.15) is 0 Å². The molecule has 0 radical (unpaired) electrons. The lowest BCUT2D eigenvalue weighted by Crippen LogP contribution is -2.18. The highest BCUT2D eigenvalue weighted by Gasteiger charge is 2.05. The zero-order valence-electron chi connectivity index (χ0n) is 8.78. The van der Waals surface area contributed by atoms with Crippen LogP contribution in [0.2, 0.25) is 0 Å². The lowest BCUT2D eigenvalue weighted by molar-refractivity contribution is 0.259. The van der Waals surface area contributed by atoms with E-state index in [-0.39, 0.29) is 0 Å². The molecule has 0 saturated heterocycles. The number of rotatable bonds is 3. The number of thiazole rings is 1. The van der Waals surface area contributed by atoms with Crippen molar-refractivity contribution in [1.82, 2.24) is 10.3 Å². The number of nitrogens with two attached hydrogens (primary N) is 1. The Balaban J connectivity index is 2.34. The van der Waals surface area contributed by atoms with E-state index in [1.54, 1.807) is 0 Å². The Hall–Kier alpha value is -1.66. The largest absolute Gasteiger partial charge is 0.351 e. The van der Waals surface area contributed by atoms with Gasteiger partial charge in [-0.15, -0.1) is 0 Å². The molecule has 1 aromatic heterocycles. The monoisotopic (exact) mass is 236 g/mol. The van der Waals surface area contributed by atoms with Crippen LogP contribution in [0.3, 0.4) is 0 Å². The zero-order chi connectivity index (χ0) is 11.5. The predicted octanol–water partition coefficient (Wildman–Crippen LogP) is 1.51. The average molecular weight is 236 g/mol. The first-order valence-electron chi connectivity index (χ1n) is 4.79. The summed E-state index contributed by atoms with van der Waals surface area (Å²) in [4.78, 5) is 14.9. The first-order valence-corrected chi connectivity index (χ1v) is 5.61. The third kappa shape index (κ3) is 2.29. The minimum absolute atomic E-state index is 0.532. The first-order chi connectivity index (χ1) is 7.69. The Labute approximate surface area is 96.7 Å². The highest BCUT2D eigenvalue weighted by Crippen LogP contribution is 2.26. The molecule has 0 bridgehead atoms. The van der Waals surface area contributed by atoms with Gasteiger partial charge in [0.05, 0.1) is 10.2 Å². The maximum absolute atomic E-state index is 10.7. The quantitative estimate of drug-likeness (QED) is 0.755. The topological polar surface area (TPSA) is 80.0 Å². The van der Waals surface area contributed by atoms with Gasteiger partial charge in [0.2, 0.25) is 0 Å². The maximum atomic E-state index is 10.7. The number of aromatic nitrogens is 1. The van der Waals surface area contributed by atoms with Crippen LogP contribution in [0.25, 0.3) is 10.2 Å². The second-order valence-corrected chi connectivity index (χ2v) is 4.37. The molecule has 0 aliphatic carbocycles. The standard InChI is InChI=1S/C10H12N4OS/c1-12-5-6-2-3-7-8(4-6)16-10(13-7)14-9(11)15/h2-4,12H,5H2,1H3,(H3,11,13,14,15). The minimum atomic E-state index is -0.588. The fraction of sp³-hybridized carbons (Fsp3) is 0.200. The molecule has 0 aliphatic heterocycles. The van der Waals surface area contributed by atoms with Crippen LogP contribution in [0.4, 0.5) is 9.93 Å². The van der Waals surface area contributed by atoms with Gasteiger partial charge in [-0.25, -0.2) is 9.78 Å². The molecule has 6 heteroatoms. The van der Waals surface area contributed by atoms with Gasteiger partial charge >= 0.3 is 6.03 Å². The van der Waals surface area contributed by atoms with Gasteiger partial charge in [0.25, 0.3) is 0 Å². The van der Waals surface area contributed by atoms with E-state index in [9.17, 15) is 4.79 Å². The lowest BCUT2D eigenvalue weighted by Gasteiger charge is -1.97. The van der Waals surface area contributed by atoms with Gasteiger partial charge in [0.15, 0.2) is 5.13 Å². The summed E-state index contributed by atoms with van der Waals surface area (Å²) in [5.74, 6) is 0. The van der Waals surface area contributed by atoms with Crippen molar-refractivity contribution in [2.24, 2.45) is 5.73 Å². The zero-order valence-corrected chi connectivity index (χ0v) is 9.60. The number of anilines is 1. The molecular weight excluding hydrogens is 224 g/mol. The smallest absolute Gasteiger partial charge is 0.318 e. The number of carbonyl (C=O) groups is 1. The van der Waals surface area contributed by atoms with Crippen LogP contribution < -0.4 is 16.4 Å². The molecular formula is C10H12N4OS. The molecule has 4 N–H and O–H groups in total. The van der Waals surface area contributed by atoms with E-state index >= 15 is 0 Å². The summed E-state index contributed by atoms with van der Waals surface area (Å²) in [5.41, 5.74) is 7.08. The maximum Gasteiger partial charge on any atom is 0.318 e. The van der Waals surface area contributed by atoms with Gasteiger partial charge in [0.1, 0.15) is 0 Å². The van der Waals surface area contributed by atoms with Gasteiger partial charge in [-0.05, 0) is 24.7 Å². The Kier molecular flexibility index (Phi) is 3.02. The van der Waals surface area contributed by atoms with Crippen LogP contribution >= 0.6 is 11.3 Å². The number of urea groups is 1. The molecule has 0 aliphatic rings. The molecule has 0 unspecified atom stereocenters. The summed E-state index contributed by atoms with van der Waals surface area (Å²) < 4.78 is 1.04. The van der Waals surface area contributed by atoms with Crippen LogP contribution in [0.5, 0.6) is 0 Å². The summed E-state index contributed by atoms with van der Waals surface area (Å²) in [6, 6.07) is 5.40. The predicted molar refractivity (Wildman–Crippen MR) is 65.6 cm³/mol. The number of amides is 2. The second-order valence-electron chi connectivity index (χ2n) is 3.34. The van der Waals surface area contributed by atoms with Gasteiger partial charge in [-0.3, -0.25) is 5.32 Å². The molecule has 1 aromatic carbocycles. The summed E-state index contributed by atoms with van der Waals surface area (Å²) in [7, 11) is 1.90. The number of nitrogens with zero attached hydrogens (tertiary/aromatic N) is 1. The number of primary amides is 1. The molecule has 16 heavy (non-hydrogen) atoms. The van der Waals surface area contributed by atoms with Crippen molar-refractivity contribution in [3.8, 4) is 0 Å². The number of hydrogen-bond donors (Lipinski definition) is 3. The number of nitrogens with one attached hydrogen (secondary N) is 2. The number of carbonyl (C=O) groups excluding carboxylic acids is 1. The SMILES string of the molecule is CNCc1ccc2nc(NC(N)=O)sc2c1. The summed E-state index contributed by atoms with van der Waals surface area (Å²) in [5, 5.41) is 6.09. The van der Waals surface area contributed by atoms with E-state index in [0.717, 1.165) is 16.8 Å². The van der Waals surface area contributed by atoms with Gasteiger partial charge in [-0.1, -0.05) is 17.4 Å². The van der Waals surface area contributed by atoms with Gasteiger partial charge in [0, 0.05) is 6.54 Å². The molecule has 2 amide bonds. The minimum Gasteiger partial charge on any atom is -0.351 e. The summed E-state index contributed by atoms with van der Waals surface area (Å²) >= 11 is 1.41. The van der Waals surface area contributed by atoms with E-state index in [0.29, 0.717) is 5.13 Å². The van der Waals surface area contributed by atoms with Crippen molar-refractivity contribution in [1.29, 1.82) is 0 Å². The lowest BCUT2D eigenvalue weighted by atomic mass is 10.2. The van der Waals surface area contributed by atoms with Crippen LogP contribution in [-0.2, 0) is 6.54 Å². The van der Waals surface area contributed by atoms with Crippen LogP contribution in [0, 0.1) is 0 Å². The molecule has 2 rings (SSSR count). The first kappa shape index (κ1) is 10.8. The van der Waals surface area contributed by atoms with E-state index in [1.165, 1.54) is 16.9 Å². The fourth-order valence-electron chi connectivity index (χ4n) is 1.44. The molecule has 0 spiro atoms. The van der Waals surface area contributed by atoms with Crippen molar-refractivity contribution >= 4 is 32.7 Å². The normalized spacial score (nSPS) is 10.6. The molecule has 1 heterocycles. The number of hydrogen-bond acceptors (Lipinski definition) is 4. The van der Waals surface area contributed by atoms with E-state index in [4.69, 9.17) is 5.73 Å². The third-order valence-electron chi connectivity index (χ3n) is 2.06. The van der Waals surface area contributed by atoms with Crippen molar-refractivity contribution in [2.75, 3.05) is 12.4 Å². The molecule has 0 fully saturated rings. The third-order valence-corrected chi connectivity index (χ3v) is 3.00. The van der Waals surface area contributed by atoms with Gasteiger partial charge < -0.3 is 11.1 Å². The van der Waals surface area contributed by atoms with E-state index in [1.807, 2.05) is 19.2 Å². The Morgan fingerprint density at radius 3 is 3.06 bits per heavy atom. The van der Waals surface area contributed by atoms with Crippen molar-refractivity contribution in [2.45, 2.75) is 6.54 Å². The van der Waals surface area contributed by atoms with Crippen molar-refractivity contribution in [3.63, 3.8) is 0 Å². The van der Waals surface area contributed by atoms with Crippen molar-refractivity contribution < 1.29 is 4.79 Å². The highest BCUT2D eigenvalue weighted by molar-refractivity contribution is 7.22. The molecule has 2 aromatic rings. The van der Waals surface area contributed by atoms with Crippen LogP contribution in [0.1, 0.15) is 5.56 Å².